The van der Waals surface area contributed by atoms with Crippen LogP contribution in [0.2, 0.25) is 5.02 Å². The molecule has 0 saturated carbocycles. The van der Waals surface area contributed by atoms with E-state index in [9.17, 15) is 9.90 Å². The number of nitrogens with one attached hydrogen (secondary N) is 1. The molecule has 0 atom stereocenters. The number of halogens is 1. The summed E-state index contributed by atoms with van der Waals surface area (Å²) in [7, 11) is 0. The van der Waals surface area contributed by atoms with Gasteiger partial charge in [0.15, 0.2) is 0 Å². The summed E-state index contributed by atoms with van der Waals surface area (Å²) in [6, 6.07) is 10.2. The Bertz CT molecular complexity index is 615. The molecule has 2 aromatic rings. The number of amides is 1. The van der Waals surface area contributed by atoms with Gasteiger partial charge in [0, 0.05) is 16.3 Å². The number of aromatic hydroxyl groups is 1. The van der Waals surface area contributed by atoms with Crippen molar-refractivity contribution >= 4 is 23.2 Å². The molecule has 19 heavy (non-hydrogen) atoms. The fraction of sp³-hybridized carbons (Fsp3) is 0.133. The quantitative estimate of drug-likeness (QED) is 0.816. The van der Waals surface area contributed by atoms with E-state index in [-0.39, 0.29) is 11.7 Å². The third kappa shape index (κ3) is 3.06. The number of rotatable bonds is 2. The zero-order valence-electron chi connectivity index (χ0n) is 10.7. The van der Waals surface area contributed by atoms with Crippen LogP contribution in [-0.4, -0.2) is 11.0 Å². The molecule has 0 heterocycles. The Labute approximate surface area is 116 Å². The number of anilines is 1. The highest BCUT2D eigenvalue weighted by molar-refractivity contribution is 6.31. The molecule has 1 amide bonds. The lowest BCUT2D eigenvalue weighted by Crippen LogP contribution is -2.12. The lowest BCUT2D eigenvalue weighted by Gasteiger charge is -2.09. The molecule has 0 bridgehead atoms. The summed E-state index contributed by atoms with van der Waals surface area (Å²) >= 11 is 5.85. The van der Waals surface area contributed by atoms with Crippen LogP contribution in [0, 0.1) is 13.8 Å². The molecule has 0 aliphatic heterocycles. The Morgan fingerprint density at radius 2 is 1.79 bits per heavy atom. The number of hydrogen-bond donors (Lipinski definition) is 2. The van der Waals surface area contributed by atoms with Crippen LogP contribution in [0.4, 0.5) is 5.69 Å². The molecule has 0 saturated heterocycles. The number of phenols is 1. The highest BCUT2D eigenvalue weighted by atomic mass is 35.5. The summed E-state index contributed by atoms with van der Waals surface area (Å²) in [5.74, 6) is 0.0211. The van der Waals surface area contributed by atoms with Gasteiger partial charge in [-0.25, -0.2) is 0 Å². The number of carbonyl (C=O) groups is 1. The summed E-state index contributed by atoms with van der Waals surface area (Å²) in [6.07, 6.45) is 0. The van der Waals surface area contributed by atoms with Crippen molar-refractivity contribution in [1.82, 2.24) is 0 Å². The second-order valence-corrected chi connectivity index (χ2v) is 4.86. The average Bonchev–Trinajstić information content (AvgIpc) is 2.36. The molecule has 0 aliphatic rings. The maximum atomic E-state index is 12.0. The lowest BCUT2D eigenvalue weighted by atomic mass is 10.1. The van der Waals surface area contributed by atoms with Crippen LogP contribution in [0.1, 0.15) is 21.5 Å². The van der Waals surface area contributed by atoms with Crippen LogP contribution >= 0.6 is 11.6 Å². The minimum atomic E-state index is -0.230. The van der Waals surface area contributed by atoms with Crippen molar-refractivity contribution < 1.29 is 9.90 Å². The molecular formula is C15H14ClNO2. The molecule has 0 radical (unpaired) electrons. The largest absolute Gasteiger partial charge is 0.507 e. The summed E-state index contributed by atoms with van der Waals surface area (Å²) in [5.41, 5.74) is 2.59. The van der Waals surface area contributed by atoms with Gasteiger partial charge in [0.25, 0.3) is 5.91 Å². The van der Waals surface area contributed by atoms with Gasteiger partial charge in [-0.1, -0.05) is 17.7 Å². The zero-order valence-corrected chi connectivity index (χ0v) is 11.5. The van der Waals surface area contributed by atoms with E-state index >= 15 is 0 Å². The number of carbonyl (C=O) groups excluding carboxylic acids is 1. The van der Waals surface area contributed by atoms with Crippen LogP contribution in [0.15, 0.2) is 36.4 Å². The Kier molecular flexibility index (Phi) is 3.76. The van der Waals surface area contributed by atoms with Gasteiger partial charge in [-0.15, -0.1) is 0 Å². The normalized spacial score (nSPS) is 10.3. The zero-order chi connectivity index (χ0) is 14.0. The molecule has 2 aromatic carbocycles. The number of aryl methyl sites for hydroxylation is 2. The van der Waals surface area contributed by atoms with Crippen LogP contribution in [0.3, 0.4) is 0 Å². The topological polar surface area (TPSA) is 49.3 Å². The molecule has 98 valence electrons. The standard InChI is InChI=1S/C15H14ClNO2/c1-9-6-13(7-10(2)14(9)18)17-15(19)11-4-3-5-12(16)8-11/h3-8,18H,1-2H3,(H,17,19). The van der Waals surface area contributed by atoms with E-state index in [2.05, 4.69) is 5.32 Å². The van der Waals surface area contributed by atoms with Crippen LogP contribution in [-0.2, 0) is 0 Å². The fourth-order valence-corrected chi connectivity index (χ4v) is 2.05. The van der Waals surface area contributed by atoms with E-state index in [4.69, 9.17) is 11.6 Å². The van der Waals surface area contributed by atoms with Crippen molar-refractivity contribution in [3.05, 3.63) is 58.1 Å². The van der Waals surface area contributed by atoms with Gasteiger partial charge < -0.3 is 10.4 Å². The van der Waals surface area contributed by atoms with Crippen molar-refractivity contribution in [2.75, 3.05) is 5.32 Å². The van der Waals surface area contributed by atoms with Crippen molar-refractivity contribution in [3.63, 3.8) is 0 Å². The van der Waals surface area contributed by atoms with Crippen LogP contribution in [0.5, 0.6) is 5.75 Å². The van der Waals surface area contributed by atoms with Crippen molar-refractivity contribution in [2.45, 2.75) is 13.8 Å². The van der Waals surface area contributed by atoms with Crippen molar-refractivity contribution in [2.24, 2.45) is 0 Å². The second-order valence-electron chi connectivity index (χ2n) is 4.42. The van der Waals surface area contributed by atoms with E-state index in [1.165, 1.54) is 0 Å². The van der Waals surface area contributed by atoms with Gasteiger partial charge in [0.1, 0.15) is 5.75 Å². The molecule has 0 spiro atoms. The average molecular weight is 276 g/mol. The summed E-state index contributed by atoms with van der Waals surface area (Å²) in [6.45, 7) is 3.58. The van der Waals surface area contributed by atoms with Gasteiger partial charge in [0.05, 0.1) is 0 Å². The van der Waals surface area contributed by atoms with Crippen LogP contribution < -0.4 is 5.32 Å². The van der Waals surface area contributed by atoms with Gasteiger partial charge in [-0.2, -0.15) is 0 Å². The molecule has 4 heteroatoms. The molecule has 2 rings (SSSR count). The van der Waals surface area contributed by atoms with Crippen LogP contribution in [0.25, 0.3) is 0 Å². The predicted octanol–water partition coefficient (Wildman–Crippen LogP) is 3.91. The summed E-state index contributed by atoms with van der Waals surface area (Å²) in [4.78, 5) is 12.0. The minimum absolute atomic E-state index is 0.230. The minimum Gasteiger partial charge on any atom is -0.507 e. The molecule has 0 unspecified atom stereocenters. The monoisotopic (exact) mass is 275 g/mol. The summed E-state index contributed by atoms with van der Waals surface area (Å²) in [5, 5.41) is 13.0. The van der Waals surface area contributed by atoms with Gasteiger partial charge in [0.2, 0.25) is 0 Å². The molecule has 2 N–H and O–H groups in total. The fourth-order valence-electron chi connectivity index (χ4n) is 1.86. The SMILES string of the molecule is Cc1cc(NC(=O)c2cccc(Cl)c2)cc(C)c1O. The first-order valence-electron chi connectivity index (χ1n) is 5.84. The van der Waals surface area contributed by atoms with Gasteiger partial charge in [-0.3, -0.25) is 4.79 Å². The number of benzene rings is 2. The smallest absolute Gasteiger partial charge is 0.255 e. The second kappa shape index (κ2) is 5.33. The number of phenolic OH excluding ortho intramolecular Hbond substituents is 1. The Morgan fingerprint density at radius 1 is 1.16 bits per heavy atom. The van der Waals surface area contributed by atoms with E-state index in [1.807, 2.05) is 0 Å². The third-order valence-electron chi connectivity index (χ3n) is 2.84. The van der Waals surface area contributed by atoms with Gasteiger partial charge in [-0.05, 0) is 55.3 Å². The van der Waals surface area contributed by atoms with E-state index < -0.39 is 0 Å². The Morgan fingerprint density at radius 3 is 2.37 bits per heavy atom. The summed E-state index contributed by atoms with van der Waals surface area (Å²) < 4.78 is 0. The first-order chi connectivity index (χ1) is 8.97. The molecule has 0 aliphatic carbocycles. The molecule has 0 aromatic heterocycles. The predicted molar refractivity (Wildman–Crippen MR) is 77.0 cm³/mol. The maximum Gasteiger partial charge on any atom is 0.255 e. The molecule has 0 fully saturated rings. The van der Waals surface area contributed by atoms with E-state index in [1.54, 1.807) is 50.2 Å². The highest BCUT2D eigenvalue weighted by Crippen LogP contribution is 2.26. The van der Waals surface area contributed by atoms with Crippen molar-refractivity contribution in [1.29, 1.82) is 0 Å². The lowest BCUT2D eigenvalue weighted by molar-refractivity contribution is 0.102. The Balaban J connectivity index is 2.24. The van der Waals surface area contributed by atoms with E-state index in [0.29, 0.717) is 16.3 Å². The van der Waals surface area contributed by atoms with Gasteiger partial charge >= 0.3 is 0 Å². The third-order valence-corrected chi connectivity index (χ3v) is 3.07. The highest BCUT2D eigenvalue weighted by Gasteiger charge is 2.09. The number of hydrogen-bond acceptors (Lipinski definition) is 2. The first-order valence-corrected chi connectivity index (χ1v) is 6.22. The molecule has 3 nitrogen and oxygen atoms in total. The first kappa shape index (κ1) is 13.4. The maximum absolute atomic E-state index is 12.0. The van der Waals surface area contributed by atoms with E-state index in [0.717, 1.165) is 11.1 Å². The Hall–Kier alpha value is -2.00. The van der Waals surface area contributed by atoms with Crippen molar-refractivity contribution in [3.8, 4) is 5.75 Å². The molecular weight excluding hydrogens is 262 g/mol.